The van der Waals surface area contributed by atoms with E-state index < -0.39 is 17.3 Å². The Morgan fingerprint density at radius 2 is 2.08 bits per heavy atom. The van der Waals surface area contributed by atoms with Gasteiger partial charge in [-0.25, -0.2) is 4.39 Å². The van der Waals surface area contributed by atoms with Gasteiger partial charge in [-0.3, -0.25) is 4.79 Å². The smallest absolute Gasteiger partial charge is 0.194 e. The first kappa shape index (κ1) is 9.51. The van der Waals surface area contributed by atoms with Gasteiger partial charge in [0.05, 0.1) is 0 Å². The van der Waals surface area contributed by atoms with Crippen molar-refractivity contribution in [2.24, 2.45) is 0 Å². The third-order valence-electron chi connectivity index (χ3n) is 1.56. The number of carbonyl (C=O) groups excluding carboxylic acids is 1. The highest BCUT2D eigenvalue weighted by Gasteiger charge is 2.09. The molecule has 0 aliphatic rings. The maximum atomic E-state index is 12.8. The van der Waals surface area contributed by atoms with Crippen LogP contribution in [0, 0.1) is 5.82 Å². The number of rotatable bonds is 2. The highest BCUT2D eigenvalue weighted by atomic mass is 19.1. The second-order valence-electron chi connectivity index (χ2n) is 2.82. The Bertz CT molecular complexity index is 324. The molecular formula is C9H9FO3. The van der Waals surface area contributed by atoms with Crippen LogP contribution in [-0.4, -0.2) is 16.0 Å². The van der Waals surface area contributed by atoms with Gasteiger partial charge in [0.25, 0.3) is 0 Å². The van der Waals surface area contributed by atoms with E-state index in [4.69, 9.17) is 10.2 Å². The van der Waals surface area contributed by atoms with Gasteiger partial charge in [0.1, 0.15) is 5.78 Å². The quantitative estimate of drug-likeness (QED) is 0.682. The summed E-state index contributed by atoms with van der Waals surface area (Å²) in [6.07, 6.45) is 0.0464. The van der Waals surface area contributed by atoms with Crippen LogP contribution in [-0.2, 0) is 11.2 Å². The minimum Gasteiger partial charge on any atom is -0.504 e. The summed E-state index contributed by atoms with van der Waals surface area (Å²) in [6.45, 7) is 1.36. The summed E-state index contributed by atoms with van der Waals surface area (Å²) in [6, 6.07) is 2.19. The van der Waals surface area contributed by atoms with E-state index in [9.17, 15) is 9.18 Å². The molecule has 1 aromatic carbocycles. The fourth-order valence-electron chi connectivity index (χ4n) is 1.03. The van der Waals surface area contributed by atoms with Gasteiger partial charge in [-0.15, -0.1) is 0 Å². The van der Waals surface area contributed by atoms with Crippen LogP contribution in [0.4, 0.5) is 4.39 Å². The number of carbonyl (C=O) groups is 1. The molecular weight excluding hydrogens is 175 g/mol. The second kappa shape index (κ2) is 3.43. The van der Waals surface area contributed by atoms with Crippen molar-refractivity contribution in [1.29, 1.82) is 0 Å². The molecule has 0 aliphatic carbocycles. The lowest BCUT2D eigenvalue weighted by atomic mass is 10.1. The standard InChI is InChI=1S/C9H9FO3/c1-5(11)2-6-3-7(10)9(13)8(12)4-6/h3-4,12-13H,2H2,1H3. The molecule has 0 saturated carbocycles. The van der Waals surface area contributed by atoms with Crippen molar-refractivity contribution in [1.82, 2.24) is 0 Å². The lowest BCUT2D eigenvalue weighted by molar-refractivity contribution is -0.116. The van der Waals surface area contributed by atoms with Crippen molar-refractivity contribution < 1.29 is 19.4 Å². The van der Waals surface area contributed by atoms with E-state index >= 15 is 0 Å². The van der Waals surface area contributed by atoms with Crippen LogP contribution in [0.25, 0.3) is 0 Å². The average molecular weight is 184 g/mol. The Labute approximate surface area is 74.4 Å². The number of hydrogen-bond acceptors (Lipinski definition) is 3. The van der Waals surface area contributed by atoms with Crippen LogP contribution in [0.3, 0.4) is 0 Å². The Hall–Kier alpha value is -1.58. The van der Waals surface area contributed by atoms with Crippen LogP contribution in [0.5, 0.6) is 11.5 Å². The van der Waals surface area contributed by atoms with Crippen molar-refractivity contribution in [2.45, 2.75) is 13.3 Å². The van der Waals surface area contributed by atoms with Crippen molar-refractivity contribution in [2.75, 3.05) is 0 Å². The fraction of sp³-hybridized carbons (Fsp3) is 0.222. The molecule has 0 aliphatic heterocycles. The highest BCUT2D eigenvalue weighted by molar-refractivity contribution is 5.78. The molecule has 0 radical (unpaired) electrons. The summed E-state index contributed by atoms with van der Waals surface area (Å²) in [5.41, 5.74) is 0.348. The fourth-order valence-corrected chi connectivity index (χ4v) is 1.03. The molecule has 13 heavy (non-hydrogen) atoms. The summed E-state index contributed by atoms with van der Waals surface area (Å²) in [5.74, 6) is -2.38. The molecule has 0 heterocycles. The molecule has 1 rings (SSSR count). The molecule has 2 N–H and O–H groups in total. The number of aromatic hydroxyl groups is 2. The number of ketones is 1. The number of benzene rings is 1. The van der Waals surface area contributed by atoms with E-state index in [1.54, 1.807) is 0 Å². The van der Waals surface area contributed by atoms with E-state index in [0.29, 0.717) is 5.56 Å². The first-order valence-electron chi connectivity index (χ1n) is 3.70. The van der Waals surface area contributed by atoms with Crippen molar-refractivity contribution in [3.05, 3.63) is 23.5 Å². The Balaban J connectivity index is 3.06. The summed E-state index contributed by atoms with van der Waals surface area (Å²) in [4.78, 5) is 10.7. The van der Waals surface area contributed by atoms with Gasteiger partial charge in [0.15, 0.2) is 17.3 Å². The minimum absolute atomic E-state index is 0.0464. The van der Waals surface area contributed by atoms with Crippen LogP contribution >= 0.6 is 0 Å². The molecule has 3 nitrogen and oxygen atoms in total. The van der Waals surface area contributed by atoms with Gasteiger partial charge in [-0.05, 0) is 24.6 Å². The van der Waals surface area contributed by atoms with Gasteiger partial charge in [-0.1, -0.05) is 0 Å². The van der Waals surface area contributed by atoms with Crippen molar-refractivity contribution in [3.63, 3.8) is 0 Å². The molecule has 0 bridgehead atoms. The number of Topliss-reactive ketones (excluding diaryl/α,β-unsaturated/α-hetero) is 1. The van der Waals surface area contributed by atoms with Crippen molar-refractivity contribution in [3.8, 4) is 11.5 Å². The Kier molecular flexibility index (Phi) is 2.51. The predicted molar refractivity (Wildman–Crippen MR) is 44.1 cm³/mol. The lowest BCUT2D eigenvalue weighted by Gasteiger charge is -2.02. The van der Waals surface area contributed by atoms with Gasteiger partial charge in [0, 0.05) is 6.42 Å². The number of phenols is 2. The normalized spacial score (nSPS) is 10.0. The van der Waals surface area contributed by atoms with E-state index in [2.05, 4.69) is 0 Å². The monoisotopic (exact) mass is 184 g/mol. The molecule has 0 fully saturated rings. The zero-order valence-corrected chi connectivity index (χ0v) is 7.04. The summed E-state index contributed by atoms with van der Waals surface area (Å²) in [7, 11) is 0. The van der Waals surface area contributed by atoms with Gasteiger partial charge in [0.2, 0.25) is 0 Å². The SMILES string of the molecule is CC(=O)Cc1cc(O)c(O)c(F)c1. The lowest BCUT2D eigenvalue weighted by Crippen LogP contribution is -1.96. The van der Waals surface area contributed by atoms with E-state index in [1.165, 1.54) is 13.0 Å². The van der Waals surface area contributed by atoms with Gasteiger partial charge >= 0.3 is 0 Å². The molecule has 0 aromatic heterocycles. The van der Waals surface area contributed by atoms with Crippen LogP contribution < -0.4 is 0 Å². The third-order valence-corrected chi connectivity index (χ3v) is 1.56. The highest BCUT2D eigenvalue weighted by Crippen LogP contribution is 2.28. The zero-order valence-electron chi connectivity index (χ0n) is 7.04. The average Bonchev–Trinajstić information content (AvgIpc) is 1.98. The number of hydrogen-bond donors (Lipinski definition) is 2. The van der Waals surface area contributed by atoms with E-state index in [-0.39, 0.29) is 12.2 Å². The van der Waals surface area contributed by atoms with Crippen molar-refractivity contribution >= 4 is 5.78 Å². The predicted octanol–water partition coefficient (Wildman–Crippen LogP) is 1.37. The van der Waals surface area contributed by atoms with E-state index in [0.717, 1.165) is 6.07 Å². The molecule has 0 atom stereocenters. The van der Waals surface area contributed by atoms with Crippen LogP contribution in [0.1, 0.15) is 12.5 Å². The van der Waals surface area contributed by atoms with Gasteiger partial charge in [-0.2, -0.15) is 0 Å². The van der Waals surface area contributed by atoms with Crippen LogP contribution in [0.15, 0.2) is 12.1 Å². The van der Waals surface area contributed by atoms with E-state index in [1.807, 2.05) is 0 Å². The maximum Gasteiger partial charge on any atom is 0.194 e. The summed E-state index contributed by atoms with van der Waals surface area (Å²) >= 11 is 0. The Morgan fingerprint density at radius 3 is 2.54 bits per heavy atom. The Morgan fingerprint density at radius 1 is 1.46 bits per heavy atom. The third kappa shape index (κ3) is 2.18. The molecule has 4 heteroatoms. The largest absolute Gasteiger partial charge is 0.504 e. The maximum absolute atomic E-state index is 12.8. The van der Waals surface area contributed by atoms with Gasteiger partial charge < -0.3 is 10.2 Å². The first-order chi connectivity index (χ1) is 6.00. The van der Waals surface area contributed by atoms with Crippen LogP contribution in [0.2, 0.25) is 0 Å². The topological polar surface area (TPSA) is 57.5 Å². The number of halogens is 1. The molecule has 1 aromatic rings. The first-order valence-corrected chi connectivity index (χ1v) is 3.70. The molecule has 70 valence electrons. The summed E-state index contributed by atoms with van der Waals surface area (Å²) in [5, 5.41) is 17.8. The molecule has 0 spiro atoms. The summed E-state index contributed by atoms with van der Waals surface area (Å²) < 4.78 is 12.8. The molecule has 0 saturated heterocycles. The minimum atomic E-state index is -0.920. The number of phenolic OH excluding ortho intramolecular Hbond substituents is 2. The zero-order chi connectivity index (χ0) is 10.0. The molecule has 0 amide bonds. The second-order valence-corrected chi connectivity index (χ2v) is 2.82. The molecule has 0 unspecified atom stereocenters.